The maximum absolute atomic E-state index is 12.1. The molecule has 0 aliphatic heterocycles. The Labute approximate surface area is 129 Å². The van der Waals surface area contributed by atoms with E-state index in [1.807, 2.05) is 25.8 Å². The highest BCUT2D eigenvalue weighted by molar-refractivity contribution is 7.19. The number of hydrogen-bond donors (Lipinski definition) is 2. The van der Waals surface area contributed by atoms with Crippen LogP contribution in [-0.2, 0) is 4.74 Å². The Morgan fingerprint density at radius 1 is 1.33 bits per heavy atom. The zero-order valence-corrected chi connectivity index (χ0v) is 13.8. The Bertz CT molecular complexity index is 514. The summed E-state index contributed by atoms with van der Waals surface area (Å²) in [5.74, 6) is -0.749. The van der Waals surface area contributed by atoms with Crippen LogP contribution in [0.1, 0.15) is 47.2 Å². The van der Waals surface area contributed by atoms with Gasteiger partial charge in [-0.3, -0.25) is 4.79 Å². The number of amides is 1. The maximum atomic E-state index is 12.1. The summed E-state index contributed by atoms with van der Waals surface area (Å²) in [7, 11) is 1.87. The first kappa shape index (κ1) is 17.3. The lowest BCUT2D eigenvalue weighted by molar-refractivity contribution is 0.0529. The average molecular weight is 313 g/mol. The zero-order chi connectivity index (χ0) is 16.0. The van der Waals surface area contributed by atoms with Gasteiger partial charge in [-0.1, -0.05) is 6.92 Å². The summed E-state index contributed by atoms with van der Waals surface area (Å²) < 4.78 is 5.06. The predicted octanol–water partition coefficient (Wildman–Crippen LogP) is 2.10. The number of nitrogen functional groups attached to an aromatic ring is 1. The number of rotatable bonds is 7. The van der Waals surface area contributed by atoms with Crippen LogP contribution in [0.25, 0.3) is 0 Å². The summed E-state index contributed by atoms with van der Waals surface area (Å²) in [5.41, 5.74) is 6.51. The fourth-order valence-electron chi connectivity index (χ4n) is 1.95. The number of nitrogens with one attached hydrogen (secondary N) is 1. The smallest absolute Gasteiger partial charge is 0.343 e. The molecule has 1 amide bonds. The van der Waals surface area contributed by atoms with Crippen LogP contribution in [0, 0.1) is 0 Å². The van der Waals surface area contributed by atoms with Crippen LogP contribution in [-0.4, -0.2) is 38.6 Å². The Morgan fingerprint density at radius 3 is 2.52 bits per heavy atom. The van der Waals surface area contributed by atoms with Crippen molar-refractivity contribution in [2.24, 2.45) is 0 Å². The van der Waals surface area contributed by atoms with E-state index in [0.29, 0.717) is 22.0 Å². The first-order chi connectivity index (χ1) is 9.97. The molecule has 1 heterocycles. The van der Waals surface area contributed by atoms with Gasteiger partial charge in [0.1, 0.15) is 15.4 Å². The van der Waals surface area contributed by atoms with Crippen LogP contribution in [0.3, 0.4) is 0 Å². The third kappa shape index (κ3) is 3.87. The van der Waals surface area contributed by atoms with Crippen LogP contribution in [0.2, 0.25) is 0 Å². The van der Waals surface area contributed by atoms with Gasteiger partial charge in [0.15, 0.2) is 0 Å². The van der Waals surface area contributed by atoms with Gasteiger partial charge in [0, 0.05) is 20.1 Å². The second-order valence-corrected chi connectivity index (χ2v) is 5.53. The van der Waals surface area contributed by atoms with E-state index in [2.05, 4.69) is 5.32 Å². The van der Waals surface area contributed by atoms with E-state index in [4.69, 9.17) is 10.5 Å². The number of carbonyl (C=O) groups excluding carboxylic acids is 2. The molecule has 7 heteroatoms. The standard InChI is InChI=1S/C14H23N3O3S/c1-5-8-17(4)13-9(14(19)20-7-3)10(15)11(21-13)12(18)16-6-2/h5-8,15H2,1-4H3,(H,16,18). The third-order valence-electron chi connectivity index (χ3n) is 2.86. The van der Waals surface area contributed by atoms with Crippen molar-refractivity contribution in [1.82, 2.24) is 5.32 Å². The highest BCUT2D eigenvalue weighted by atomic mass is 32.1. The molecule has 118 valence electrons. The fourth-order valence-corrected chi connectivity index (χ4v) is 3.06. The Kier molecular flexibility index (Phi) is 6.48. The third-order valence-corrected chi connectivity index (χ3v) is 4.17. The molecule has 0 spiro atoms. The van der Waals surface area contributed by atoms with Gasteiger partial charge in [-0.25, -0.2) is 4.79 Å². The second-order valence-electron chi connectivity index (χ2n) is 4.53. The van der Waals surface area contributed by atoms with Crippen LogP contribution >= 0.6 is 11.3 Å². The van der Waals surface area contributed by atoms with Crippen molar-refractivity contribution in [1.29, 1.82) is 0 Å². The van der Waals surface area contributed by atoms with Crippen molar-refractivity contribution in [3.8, 4) is 0 Å². The Hall–Kier alpha value is -1.76. The minimum absolute atomic E-state index is 0.197. The summed E-state index contributed by atoms with van der Waals surface area (Å²) in [6.45, 7) is 7.15. The van der Waals surface area contributed by atoms with Gasteiger partial charge in [0.05, 0.1) is 12.3 Å². The zero-order valence-electron chi connectivity index (χ0n) is 13.0. The molecular weight excluding hydrogens is 290 g/mol. The Balaban J connectivity index is 3.29. The topological polar surface area (TPSA) is 84.7 Å². The van der Waals surface area contributed by atoms with E-state index in [0.717, 1.165) is 13.0 Å². The number of anilines is 2. The summed E-state index contributed by atoms with van der Waals surface area (Å²) in [5, 5.41) is 3.38. The minimum Gasteiger partial charge on any atom is -0.462 e. The van der Waals surface area contributed by atoms with Crippen molar-refractivity contribution >= 4 is 33.9 Å². The summed E-state index contributed by atoms with van der Waals surface area (Å²) in [6.07, 6.45) is 0.924. The van der Waals surface area contributed by atoms with E-state index in [-0.39, 0.29) is 18.2 Å². The molecule has 0 saturated carbocycles. The molecule has 1 aromatic heterocycles. The van der Waals surface area contributed by atoms with E-state index in [1.54, 1.807) is 6.92 Å². The number of esters is 1. The van der Waals surface area contributed by atoms with Crippen molar-refractivity contribution < 1.29 is 14.3 Å². The summed E-state index contributed by atoms with van der Waals surface area (Å²) in [6, 6.07) is 0. The van der Waals surface area contributed by atoms with Gasteiger partial charge < -0.3 is 20.7 Å². The molecule has 0 aromatic carbocycles. The first-order valence-electron chi connectivity index (χ1n) is 7.06. The molecule has 21 heavy (non-hydrogen) atoms. The first-order valence-corrected chi connectivity index (χ1v) is 7.88. The van der Waals surface area contributed by atoms with Crippen LogP contribution in [0.15, 0.2) is 0 Å². The lowest BCUT2D eigenvalue weighted by atomic mass is 10.2. The van der Waals surface area contributed by atoms with E-state index in [9.17, 15) is 9.59 Å². The van der Waals surface area contributed by atoms with Crippen molar-refractivity contribution in [3.05, 3.63) is 10.4 Å². The van der Waals surface area contributed by atoms with Crippen LogP contribution in [0.5, 0.6) is 0 Å². The summed E-state index contributed by atoms with van der Waals surface area (Å²) >= 11 is 1.22. The van der Waals surface area contributed by atoms with Gasteiger partial charge in [-0.2, -0.15) is 0 Å². The molecule has 0 fully saturated rings. The largest absolute Gasteiger partial charge is 0.462 e. The molecule has 1 aromatic rings. The summed E-state index contributed by atoms with van der Waals surface area (Å²) in [4.78, 5) is 26.5. The number of ether oxygens (including phenoxy) is 1. The Morgan fingerprint density at radius 2 is 2.00 bits per heavy atom. The maximum Gasteiger partial charge on any atom is 0.343 e. The van der Waals surface area contributed by atoms with Crippen molar-refractivity contribution in [2.45, 2.75) is 27.2 Å². The SMILES string of the molecule is CCCN(C)c1sc(C(=O)NCC)c(N)c1C(=O)OCC. The van der Waals surface area contributed by atoms with Crippen LogP contribution < -0.4 is 16.0 Å². The minimum atomic E-state index is -0.486. The van der Waals surface area contributed by atoms with Gasteiger partial charge in [0.2, 0.25) is 0 Å². The van der Waals surface area contributed by atoms with Crippen molar-refractivity contribution in [2.75, 3.05) is 37.4 Å². The van der Waals surface area contributed by atoms with Gasteiger partial charge >= 0.3 is 5.97 Å². The van der Waals surface area contributed by atoms with E-state index < -0.39 is 5.97 Å². The molecule has 0 bridgehead atoms. The average Bonchev–Trinajstić information content (AvgIpc) is 2.77. The van der Waals surface area contributed by atoms with Gasteiger partial charge in [-0.15, -0.1) is 11.3 Å². The number of hydrogen-bond acceptors (Lipinski definition) is 6. The molecule has 0 atom stereocenters. The second kappa shape index (κ2) is 7.87. The number of thiophene rings is 1. The number of nitrogens with zero attached hydrogens (tertiary/aromatic N) is 1. The molecule has 0 aliphatic rings. The molecule has 0 unspecified atom stereocenters. The normalized spacial score (nSPS) is 10.3. The monoisotopic (exact) mass is 313 g/mol. The molecule has 1 rings (SSSR count). The highest BCUT2D eigenvalue weighted by Crippen LogP contribution is 2.38. The molecule has 3 N–H and O–H groups in total. The van der Waals surface area contributed by atoms with Gasteiger partial charge in [-0.05, 0) is 20.3 Å². The lowest BCUT2D eigenvalue weighted by Crippen LogP contribution is -2.22. The van der Waals surface area contributed by atoms with E-state index in [1.165, 1.54) is 11.3 Å². The number of nitrogens with two attached hydrogens (primary N) is 1. The van der Waals surface area contributed by atoms with Crippen molar-refractivity contribution in [3.63, 3.8) is 0 Å². The molecule has 0 saturated heterocycles. The predicted molar refractivity (Wildman–Crippen MR) is 86.3 cm³/mol. The van der Waals surface area contributed by atoms with Gasteiger partial charge in [0.25, 0.3) is 5.91 Å². The quantitative estimate of drug-likeness (QED) is 0.753. The molecule has 0 aliphatic carbocycles. The molecule has 0 radical (unpaired) electrons. The van der Waals surface area contributed by atoms with Crippen LogP contribution in [0.4, 0.5) is 10.7 Å². The molecular formula is C14H23N3O3S. The highest BCUT2D eigenvalue weighted by Gasteiger charge is 2.27. The molecule has 6 nitrogen and oxygen atoms in total. The van der Waals surface area contributed by atoms with E-state index >= 15 is 0 Å². The fraction of sp³-hybridized carbons (Fsp3) is 0.571. The number of carbonyl (C=O) groups is 2. The lowest BCUT2D eigenvalue weighted by Gasteiger charge is -2.17.